The predicted molar refractivity (Wildman–Crippen MR) is 85.0 cm³/mol. The molecule has 3 N–H and O–H groups in total. The van der Waals surface area contributed by atoms with Gasteiger partial charge in [0.25, 0.3) is 0 Å². The lowest BCUT2D eigenvalue weighted by Gasteiger charge is -2.32. The van der Waals surface area contributed by atoms with Gasteiger partial charge in [0.1, 0.15) is 11.9 Å². The Morgan fingerprint density at radius 1 is 1.45 bits per heavy atom. The predicted octanol–water partition coefficient (Wildman–Crippen LogP) is 2.45. The minimum absolute atomic E-state index is 0.177. The highest BCUT2D eigenvalue weighted by molar-refractivity contribution is 7.99. The van der Waals surface area contributed by atoms with Crippen LogP contribution in [0.4, 0.5) is 5.82 Å². The number of pyridine rings is 1. The van der Waals surface area contributed by atoms with Crippen LogP contribution in [0.3, 0.4) is 0 Å². The lowest BCUT2D eigenvalue weighted by Crippen LogP contribution is -2.27. The second-order valence-corrected chi connectivity index (χ2v) is 7.33. The van der Waals surface area contributed by atoms with Crippen LogP contribution in [0, 0.1) is 11.3 Å². The molecule has 5 heteroatoms. The topological polar surface area (TPSA) is 74.7 Å². The van der Waals surface area contributed by atoms with Crippen LogP contribution in [-0.2, 0) is 18.6 Å². The quantitative estimate of drug-likeness (QED) is 0.891. The van der Waals surface area contributed by atoms with E-state index in [-0.39, 0.29) is 4.75 Å². The van der Waals surface area contributed by atoms with Gasteiger partial charge in [-0.2, -0.15) is 17.0 Å². The average molecular weight is 290 g/mol. The first-order valence-corrected chi connectivity index (χ1v) is 8.03. The Kier molecular flexibility index (Phi) is 4.56. The van der Waals surface area contributed by atoms with Gasteiger partial charge in [0.15, 0.2) is 0 Å². The van der Waals surface area contributed by atoms with E-state index in [1.165, 1.54) is 11.1 Å². The first kappa shape index (κ1) is 15.1. The van der Waals surface area contributed by atoms with Crippen molar-refractivity contribution in [2.24, 2.45) is 5.73 Å². The van der Waals surface area contributed by atoms with Crippen molar-refractivity contribution >= 4 is 17.6 Å². The minimum atomic E-state index is 0.177. The first-order valence-electron chi connectivity index (χ1n) is 7.05. The Morgan fingerprint density at radius 3 is 2.80 bits per heavy atom. The Labute approximate surface area is 125 Å². The molecule has 0 fully saturated rings. The molecule has 0 saturated carbocycles. The zero-order chi connectivity index (χ0) is 14.8. The molecule has 4 nitrogen and oxygen atoms in total. The molecule has 0 unspecified atom stereocenters. The Morgan fingerprint density at radius 2 is 2.20 bits per heavy atom. The van der Waals surface area contributed by atoms with Gasteiger partial charge in [-0.25, -0.2) is 4.98 Å². The van der Waals surface area contributed by atoms with E-state index in [2.05, 4.69) is 37.1 Å². The van der Waals surface area contributed by atoms with Gasteiger partial charge in [0, 0.05) is 29.3 Å². The van der Waals surface area contributed by atoms with Gasteiger partial charge in [-0.1, -0.05) is 20.8 Å². The Bertz CT molecular complexity index is 546. The fraction of sp³-hybridized carbons (Fsp3) is 0.600. The number of aromatic nitrogens is 1. The van der Waals surface area contributed by atoms with Gasteiger partial charge in [-0.05, 0) is 24.0 Å². The fourth-order valence-electron chi connectivity index (χ4n) is 2.57. The fourth-order valence-corrected chi connectivity index (χ4v) is 3.69. The number of nitrogens with zero attached hydrogens (tertiary/aromatic N) is 2. The molecule has 0 aromatic carbocycles. The van der Waals surface area contributed by atoms with Crippen LogP contribution >= 0.6 is 11.8 Å². The summed E-state index contributed by atoms with van der Waals surface area (Å²) < 4.78 is 0.177. The van der Waals surface area contributed by atoms with Gasteiger partial charge < -0.3 is 11.1 Å². The molecule has 20 heavy (non-hydrogen) atoms. The zero-order valence-corrected chi connectivity index (χ0v) is 13.2. The number of hydrogen-bond acceptors (Lipinski definition) is 5. The van der Waals surface area contributed by atoms with Crippen molar-refractivity contribution in [1.82, 2.24) is 4.98 Å². The molecule has 2 rings (SSSR count). The molecule has 1 aromatic rings. The number of thioether (sulfide) groups is 1. The summed E-state index contributed by atoms with van der Waals surface area (Å²) in [6.07, 6.45) is 1.81. The largest absolute Gasteiger partial charge is 0.368 e. The van der Waals surface area contributed by atoms with Crippen molar-refractivity contribution < 1.29 is 0 Å². The van der Waals surface area contributed by atoms with Crippen LogP contribution in [-0.4, -0.2) is 22.8 Å². The Hall–Kier alpha value is -1.25. The maximum Gasteiger partial charge on any atom is 0.144 e. The smallest absolute Gasteiger partial charge is 0.144 e. The van der Waals surface area contributed by atoms with Crippen LogP contribution in [0.5, 0.6) is 0 Å². The van der Waals surface area contributed by atoms with Crippen LogP contribution in [0.15, 0.2) is 0 Å². The highest BCUT2D eigenvalue weighted by Gasteiger charge is 2.31. The molecular weight excluding hydrogens is 268 g/mol. The Balaban J connectivity index is 2.55. The monoisotopic (exact) mass is 290 g/mol. The molecule has 0 saturated heterocycles. The molecule has 2 heterocycles. The van der Waals surface area contributed by atoms with E-state index >= 15 is 0 Å². The van der Waals surface area contributed by atoms with E-state index in [0.29, 0.717) is 24.5 Å². The van der Waals surface area contributed by atoms with Gasteiger partial charge >= 0.3 is 0 Å². The van der Waals surface area contributed by atoms with Gasteiger partial charge in [-0.3, -0.25) is 0 Å². The van der Waals surface area contributed by atoms with E-state index in [0.717, 1.165) is 24.3 Å². The van der Waals surface area contributed by atoms with Crippen molar-refractivity contribution in [3.8, 4) is 6.07 Å². The van der Waals surface area contributed by atoms with E-state index in [9.17, 15) is 5.26 Å². The molecule has 1 aliphatic rings. The standard InChI is InChI=1S/C15H22N4S/c1-4-13-12-9-20-15(2,3)7-10(12)11(8-17)14(19-13)18-6-5-16/h4-7,9,16H2,1-3H3,(H,18,19). The molecule has 108 valence electrons. The van der Waals surface area contributed by atoms with E-state index in [1.807, 2.05) is 11.8 Å². The van der Waals surface area contributed by atoms with Crippen molar-refractivity contribution in [2.75, 3.05) is 18.4 Å². The summed E-state index contributed by atoms with van der Waals surface area (Å²) in [5, 5.41) is 12.7. The molecule has 0 aliphatic carbocycles. The van der Waals surface area contributed by atoms with Crippen LogP contribution in [0.1, 0.15) is 43.2 Å². The summed E-state index contributed by atoms with van der Waals surface area (Å²) in [5.74, 6) is 1.65. The zero-order valence-electron chi connectivity index (χ0n) is 12.4. The van der Waals surface area contributed by atoms with Crippen LogP contribution in [0.25, 0.3) is 0 Å². The highest BCUT2D eigenvalue weighted by Crippen LogP contribution is 2.41. The summed E-state index contributed by atoms with van der Waals surface area (Å²) in [6.45, 7) is 7.77. The number of nitrogens with one attached hydrogen (secondary N) is 1. The summed E-state index contributed by atoms with van der Waals surface area (Å²) in [6, 6.07) is 2.35. The third-order valence-corrected chi connectivity index (χ3v) is 4.95. The van der Waals surface area contributed by atoms with Crippen molar-refractivity contribution in [2.45, 2.75) is 44.1 Å². The van der Waals surface area contributed by atoms with E-state index in [4.69, 9.17) is 5.73 Å². The van der Waals surface area contributed by atoms with Crippen molar-refractivity contribution in [3.05, 3.63) is 22.4 Å². The minimum Gasteiger partial charge on any atom is -0.368 e. The number of fused-ring (bicyclic) bond motifs is 1. The average Bonchev–Trinajstić information content (AvgIpc) is 2.42. The number of nitriles is 1. The third kappa shape index (κ3) is 2.92. The molecule has 0 atom stereocenters. The third-order valence-electron chi connectivity index (χ3n) is 3.59. The van der Waals surface area contributed by atoms with Crippen LogP contribution < -0.4 is 11.1 Å². The molecular formula is C15H22N4S. The van der Waals surface area contributed by atoms with Crippen molar-refractivity contribution in [1.29, 1.82) is 5.26 Å². The summed E-state index contributed by atoms with van der Waals surface area (Å²) in [4.78, 5) is 4.66. The molecule has 0 amide bonds. The second-order valence-electron chi connectivity index (χ2n) is 5.65. The first-order chi connectivity index (χ1) is 9.52. The normalized spacial score (nSPS) is 16.4. The summed E-state index contributed by atoms with van der Waals surface area (Å²) in [5.41, 5.74) is 9.82. The number of aryl methyl sites for hydroxylation is 1. The van der Waals surface area contributed by atoms with Crippen LogP contribution in [0.2, 0.25) is 0 Å². The summed E-state index contributed by atoms with van der Waals surface area (Å²) in [7, 11) is 0. The lowest BCUT2D eigenvalue weighted by molar-refractivity contribution is 0.687. The summed E-state index contributed by atoms with van der Waals surface area (Å²) >= 11 is 1.95. The molecule has 0 bridgehead atoms. The second kappa shape index (κ2) is 6.02. The lowest BCUT2D eigenvalue weighted by atomic mass is 9.92. The number of hydrogen-bond donors (Lipinski definition) is 2. The maximum absolute atomic E-state index is 9.54. The van der Waals surface area contributed by atoms with E-state index in [1.54, 1.807) is 0 Å². The van der Waals surface area contributed by atoms with Gasteiger partial charge in [0.2, 0.25) is 0 Å². The SMILES string of the molecule is CCc1nc(NCCN)c(C#N)c2c1CSC(C)(C)C2. The maximum atomic E-state index is 9.54. The number of nitrogens with two attached hydrogens (primary N) is 1. The number of rotatable bonds is 4. The van der Waals surface area contributed by atoms with Gasteiger partial charge in [-0.15, -0.1) is 0 Å². The van der Waals surface area contributed by atoms with Gasteiger partial charge in [0.05, 0.1) is 5.56 Å². The number of anilines is 1. The molecule has 0 radical (unpaired) electrons. The van der Waals surface area contributed by atoms with E-state index < -0.39 is 0 Å². The molecule has 1 aromatic heterocycles. The molecule has 1 aliphatic heterocycles. The van der Waals surface area contributed by atoms with Crippen molar-refractivity contribution in [3.63, 3.8) is 0 Å². The molecule has 0 spiro atoms. The highest BCUT2D eigenvalue weighted by atomic mass is 32.2.